The van der Waals surface area contributed by atoms with Gasteiger partial charge in [0.25, 0.3) is 0 Å². The number of carbonyl (C=O) groups excluding carboxylic acids is 2. The van der Waals surface area contributed by atoms with E-state index >= 15 is 0 Å². The SMILES string of the molecule is CC(=O)OC1=C(OC(C)=O)c2ccccc2Oc2ccccc21. The predicted octanol–water partition coefficient (Wildman–Crippen LogP) is 3.74. The van der Waals surface area contributed by atoms with Crippen LogP contribution in [0.25, 0.3) is 11.5 Å². The van der Waals surface area contributed by atoms with Gasteiger partial charge in [0.1, 0.15) is 11.5 Å². The van der Waals surface area contributed by atoms with Crippen molar-refractivity contribution in [2.75, 3.05) is 0 Å². The molecule has 0 spiro atoms. The van der Waals surface area contributed by atoms with Crippen LogP contribution in [0, 0.1) is 0 Å². The second-order valence-corrected chi connectivity index (χ2v) is 4.94. The minimum Gasteiger partial charge on any atom is -0.456 e. The molecule has 0 bridgehead atoms. The molecule has 0 radical (unpaired) electrons. The maximum Gasteiger partial charge on any atom is 0.308 e. The Morgan fingerprint density at radius 2 is 1.13 bits per heavy atom. The maximum absolute atomic E-state index is 11.5. The molecule has 0 saturated heterocycles. The van der Waals surface area contributed by atoms with Crippen LogP contribution in [-0.4, -0.2) is 11.9 Å². The van der Waals surface area contributed by atoms with Crippen molar-refractivity contribution in [3.63, 3.8) is 0 Å². The number of esters is 2. The van der Waals surface area contributed by atoms with Gasteiger partial charge in [-0.3, -0.25) is 9.59 Å². The van der Waals surface area contributed by atoms with Crippen LogP contribution in [0.2, 0.25) is 0 Å². The molecule has 1 aliphatic heterocycles. The first-order valence-electron chi connectivity index (χ1n) is 7.04. The number of carbonyl (C=O) groups is 2. The van der Waals surface area contributed by atoms with Gasteiger partial charge in [-0.1, -0.05) is 24.3 Å². The van der Waals surface area contributed by atoms with Crippen molar-refractivity contribution >= 4 is 23.5 Å². The van der Waals surface area contributed by atoms with Crippen molar-refractivity contribution in [3.05, 3.63) is 59.7 Å². The molecule has 116 valence electrons. The van der Waals surface area contributed by atoms with Gasteiger partial charge < -0.3 is 14.2 Å². The van der Waals surface area contributed by atoms with Crippen molar-refractivity contribution in [2.45, 2.75) is 13.8 Å². The van der Waals surface area contributed by atoms with Gasteiger partial charge in [-0.05, 0) is 24.3 Å². The van der Waals surface area contributed by atoms with Crippen molar-refractivity contribution in [3.8, 4) is 11.5 Å². The zero-order chi connectivity index (χ0) is 16.4. The topological polar surface area (TPSA) is 61.8 Å². The lowest BCUT2D eigenvalue weighted by atomic mass is 10.1. The van der Waals surface area contributed by atoms with Gasteiger partial charge in [0.05, 0.1) is 11.1 Å². The Balaban J connectivity index is 2.32. The van der Waals surface area contributed by atoms with E-state index < -0.39 is 11.9 Å². The molecule has 23 heavy (non-hydrogen) atoms. The van der Waals surface area contributed by atoms with E-state index in [0.29, 0.717) is 22.6 Å². The largest absolute Gasteiger partial charge is 0.456 e. The molecule has 0 aromatic heterocycles. The molecular weight excluding hydrogens is 296 g/mol. The summed E-state index contributed by atoms with van der Waals surface area (Å²) in [4.78, 5) is 23.1. The molecule has 0 fully saturated rings. The number of para-hydroxylation sites is 2. The molecule has 5 heteroatoms. The molecule has 0 saturated carbocycles. The summed E-state index contributed by atoms with van der Waals surface area (Å²) in [6.45, 7) is 2.58. The number of rotatable bonds is 2. The summed E-state index contributed by atoms with van der Waals surface area (Å²) in [7, 11) is 0. The Kier molecular flexibility index (Phi) is 3.85. The lowest BCUT2D eigenvalue weighted by molar-refractivity contribution is -0.136. The zero-order valence-electron chi connectivity index (χ0n) is 12.7. The van der Waals surface area contributed by atoms with Gasteiger partial charge in [-0.25, -0.2) is 0 Å². The third-order valence-corrected chi connectivity index (χ3v) is 3.18. The summed E-state index contributed by atoms with van der Waals surface area (Å²) in [6, 6.07) is 14.2. The van der Waals surface area contributed by atoms with E-state index in [0.717, 1.165) is 0 Å². The second kappa shape index (κ2) is 5.96. The van der Waals surface area contributed by atoms with Crippen molar-refractivity contribution in [2.24, 2.45) is 0 Å². The Hall–Kier alpha value is -3.08. The average Bonchev–Trinajstić information content (AvgIpc) is 2.63. The number of benzene rings is 2. The summed E-state index contributed by atoms with van der Waals surface area (Å²) in [5.74, 6) is 0.316. The van der Waals surface area contributed by atoms with Gasteiger partial charge in [-0.2, -0.15) is 0 Å². The van der Waals surface area contributed by atoms with Crippen LogP contribution in [0.3, 0.4) is 0 Å². The molecule has 0 N–H and O–H groups in total. The molecule has 1 aliphatic rings. The third-order valence-electron chi connectivity index (χ3n) is 3.18. The van der Waals surface area contributed by atoms with Gasteiger partial charge in [-0.15, -0.1) is 0 Å². The molecule has 0 unspecified atom stereocenters. The van der Waals surface area contributed by atoms with E-state index in [1.54, 1.807) is 36.4 Å². The molecule has 1 heterocycles. The maximum atomic E-state index is 11.5. The van der Waals surface area contributed by atoms with E-state index in [2.05, 4.69) is 0 Å². The van der Waals surface area contributed by atoms with E-state index in [9.17, 15) is 9.59 Å². The van der Waals surface area contributed by atoms with Gasteiger partial charge in [0, 0.05) is 13.8 Å². The van der Waals surface area contributed by atoms with Crippen LogP contribution in [-0.2, 0) is 19.1 Å². The molecule has 0 amide bonds. The highest BCUT2D eigenvalue weighted by Crippen LogP contribution is 2.43. The van der Waals surface area contributed by atoms with Gasteiger partial charge >= 0.3 is 11.9 Å². The fourth-order valence-electron chi connectivity index (χ4n) is 2.34. The Bertz CT molecular complexity index is 752. The molecule has 2 aromatic carbocycles. The summed E-state index contributed by atoms with van der Waals surface area (Å²) in [5.41, 5.74) is 1.07. The summed E-state index contributed by atoms with van der Waals surface area (Å²) >= 11 is 0. The van der Waals surface area contributed by atoms with E-state index in [1.807, 2.05) is 12.1 Å². The minimum atomic E-state index is -0.515. The van der Waals surface area contributed by atoms with Crippen LogP contribution in [0.5, 0.6) is 11.5 Å². The second-order valence-electron chi connectivity index (χ2n) is 4.94. The zero-order valence-corrected chi connectivity index (χ0v) is 12.7. The van der Waals surface area contributed by atoms with E-state index in [1.165, 1.54) is 13.8 Å². The smallest absolute Gasteiger partial charge is 0.308 e. The van der Waals surface area contributed by atoms with Crippen LogP contribution >= 0.6 is 0 Å². The Labute approximate surface area is 133 Å². The molecular formula is C18H14O5. The van der Waals surface area contributed by atoms with Gasteiger partial charge in [0.2, 0.25) is 0 Å². The summed E-state index contributed by atoms with van der Waals surface area (Å²) < 4.78 is 16.6. The highest BCUT2D eigenvalue weighted by Gasteiger charge is 2.27. The number of hydrogen-bond acceptors (Lipinski definition) is 5. The summed E-state index contributed by atoms with van der Waals surface area (Å²) in [6.07, 6.45) is 0. The normalized spacial score (nSPS) is 12.4. The molecule has 3 rings (SSSR count). The van der Waals surface area contributed by atoms with E-state index in [4.69, 9.17) is 14.2 Å². The van der Waals surface area contributed by atoms with Crippen LogP contribution in [0.4, 0.5) is 0 Å². The number of ether oxygens (including phenoxy) is 3. The van der Waals surface area contributed by atoms with Crippen molar-refractivity contribution in [1.29, 1.82) is 0 Å². The number of fused-ring (bicyclic) bond motifs is 2. The molecule has 0 aliphatic carbocycles. The summed E-state index contributed by atoms with van der Waals surface area (Å²) in [5, 5.41) is 0. The highest BCUT2D eigenvalue weighted by molar-refractivity contribution is 5.95. The molecule has 0 atom stereocenters. The average molecular weight is 310 g/mol. The standard InChI is InChI=1S/C18H14O5/c1-11(19)21-17-13-7-3-5-9-15(13)23-16-10-6-4-8-14(16)18(17)22-12(2)20/h3-10H,1-2H3. The lowest BCUT2D eigenvalue weighted by Crippen LogP contribution is -2.06. The van der Waals surface area contributed by atoms with Crippen LogP contribution in [0.1, 0.15) is 25.0 Å². The lowest BCUT2D eigenvalue weighted by Gasteiger charge is -2.13. The molecule has 2 aromatic rings. The highest BCUT2D eigenvalue weighted by atomic mass is 16.6. The first kappa shape index (κ1) is 14.8. The minimum absolute atomic E-state index is 0.160. The monoisotopic (exact) mass is 310 g/mol. The van der Waals surface area contributed by atoms with Crippen molar-refractivity contribution < 1.29 is 23.8 Å². The Morgan fingerprint density at radius 1 is 0.739 bits per heavy atom. The first-order chi connectivity index (χ1) is 11.1. The Morgan fingerprint density at radius 3 is 1.52 bits per heavy atom. The van der Waals surface area contributed by atoms with Crippen molar-refractivity contribution in [1.82, 2.24) is 0 Å². The number of hydrogen-bond donors (Lipinski definition) is 0. The predicted molar refractivity (Wildman–Crippen MR) is 83.3 cm³/mol. The fourth-order valence-corrected chi connectivity index (χ4v) is 2.34. The quantitative estimate of drug-likeness (QED) is 0.791. The molecule has 5 nitrogen and oxygen atoms in total. The third kappa shape index (κ3) is 2.94. The first-order valence-corrected chi connectivity index (χ1v) is 7.04. The van der Waals surface area contributed by atoms with E-state index in [-0.39, 0.29) is 11.5 Å². The van der Waals surface area contributed by atoms with Crippen LogP contribution < -0.4 is 4.74 Å². The van der Waals surface area contributed by atoms with Gasteiger partial charge in [0.15, 0.2) is 11.5 Å². The van der Waals surface area contributed by atoms with Crippen LogP contribution in [0.15, 0.2) is 48.5 Å². The fraction of sp³-hybridized carbons (Fsp3) is 0.111.